The number of hydrogen-bond acceptors (Lipinski definition) is 7. The second-order valence-electron chi connectivity index (χ2n) is 11.0. The number of amides is 2. The SMILES string of the molecule is CC(C)COC(=O)CN1Cc2c(cccc2OCCCC(=O)N(C)C2CCCCC2)N=C1NC(=O)C(C)C. The summed E-state index contributed by atoms with van der Waals surface area (Å²) in [5.74, 6) is 0.584. The number of nitrogens with zero attached hydrogens (tertiary/aromatic N) is 3. The minimum atomic E-state index is -0.382. The fourth-order valence-electron chi connectivity index (χ4n) is 4.61. The predicted molar refractivity (Wildman–Crippen MR) is 147 cm³/mol. The van der Waals surface area contributed by atoms with Gasteiger partial charge in [0, 0.05) is 31.0 Å². The zero-order valence-electron chi connectivity index (χ0n) is 23.6. The Labute approximate surface area is 226 Å². The maximum Gasteiger partial charge on any atom is 0.325 e. The molecule has 1 heterocycles. The molecule has 2 aliphatic rings. The second kappa shape index (κ2) is 14.2. The zero-order valence-corrected chi connectivity index (χ0v) is 23.6. The molecular weight excluding hydrogens is 484 g/mol. The quantitative estimate of drug-likeness (QED) is 0.337. The van der Waals surface area contributed by atoms with E-state index in [0.29, 0.717) is 56.0 Å². The van der Waals surface area contributed by atoms with Gasteiger partial charge in [-0.2, -0.15) is 0 Å². The summed E-state index contributed by atoms with van der Waals surface area (Å²) in [6.07, 6.45) is 6.90. The Kier molecular flexibility index (Phi) is 11.0. The van der Waals surface area contributed by atoms with E-state index in [1.165, 1.54) is 19.3 Å². The maximum atomic E-state index is 12.7. The van der Waals surface area contributed by atoms with Crippen molar-refractivity contribution in [2.75, 3.05) is 26.8 Å². The van der Waals surface area contributed by atoms with Gasteiger partial charge in [0.05, 0.1) is 25.4 Å². The van der Waals surface area contributed by atoms with Crippen molar-refractivity contribution in [1.82, 2.24) is 15.1 Å². The lowest BCUT2D eigenvalue weighted by Crippen LogP contribution is -2.48. The smallest absolute Gasteiger partial charge is 0.325 e. The highest BCUT2D eigenvalue weighted by Crippen LogP contribution is 2.33. The molecule has 2 amide bonds. The molecule has 0 bridgehead atoms. The predicted octanol–water partition coefficient (Wildman–Crippen LogP) is 4.41. The first-order valence-electron chi connectivity index (χ1n) is 14.0. The number of ether oxygens (including phenoxy) is 2. The number of benzene rings is 1. The molecule has 0 spiro atoms. The van der Waals surface area contributed by atoms with Crippen LogP contribution in [0.4, 0.5) is 5.69 Å². The summed E-state index contributed by atoms with van der Waals surface area (Å²) in [6, 6.07) is 5.95. The van der Waals surface area contributed by atoms with E-state index in [-0.39, 0.29) is 36.2 Å². The van der Waals surface area contributed by atoms with Gasteiger partial charge in [0.25, 0.3) is 0 Å². The fraction of sp³-hybridized carbons (Fsp3) is 0.655. The molecule has 3 rings (SSSR count). The van der Waals surface area contributed by atoms with Crippen LogP contribution in [0.1, 0.15) is 78.2 Å². The van der Waals surface area contributed by atoms with Gasteiger partial charge in [-0.1, -0.05) is 53.0 Å². The van der Waals surface area contributed by atoms with Crippen LogP contribution in [-0.2, 0) is 25.7 Å². The van der Waals surface area contributed by atoms with Gasteiger partial charge in [0.2, 0.25) is 17.8 Å². The standard InChI is InChI=1S/C29H44N4O5/c1-20(2)19-38-27(35)18-33-17-23-24(30-29(33)31-28(36)21(3)4)13-9-14-25(23)37-16-10-15-26(34)32(5)22-11-7-6-8-12-22/h9,13-14,20-22H,6-8,10-12,15-19H2,1-5H3,(H,30,31,36). The Bertz CT molecular complexity index is 1000. The van der Waals surface area contributed by atoms with E-state index < -0.39 is 0 Å². The van der Waals surface area contributed by atoms with Crippen molar-refractivity contribution in [3.8, 4) is 5.75 Å². The molecule has 0 saturated heterocycles. The lowest BCUT2D eigenvalue weighted by atomic mass is 9.94. The molecule has 0 radical (unpaired) electrons. The number of rotatable bonds is 11. The Morgan fingerprint density at radius 1 is 1.13 bits per heavy atom. The molecule has 1 N–H and O–H groups in total. The largest absolute Gasteiger partial charge is 0.493 e. The van der Waals surface area contributed by atoms with E-state index in [4.69, 9.17) is 9.47 Å². The third kappa shape index (κ3) is 8.46. The molecule has 1 aromatic carbocycles. The summed E-state index contributed by atoms with van der Waals surface area (Å²) in [5, 5.41) is 2.85. The highest BCUT2D eigenvalue weighted by atomic mass is 16.5. The highest BCUT2D eigenvalue weighted by Gasteiger charge is 2.27. The van der Waals surface area contributed by atoms with Crippen molar-refractivity contribution in [3.05, 3.63) is 23.8 Å². The van der Waals surface area contributed by atoms with Crippen molar-refractivity contribution in [2.24, 2.45) is 16.8 Å². The van der Waals surface area contributed by atoms with E-state index in [2.05, 4.69) is 10.3 Å². The average molecular weight is 529 g/mol. The van der Waals surface area contributed by atoms with Gasteiger partial charge < -0.3 is 19.3 Å². The van der Waals surface area contributed by atoms with Crippen LogP contribution in [0.25, 0.3) is 0 Å². The average Bonchev–Trinajstić information content (AvgIpc) is 2.90. The third-order valence-corrected chi connectivity index (χ3v) is 6.95. The molecule has 210 valence electrons. The molecule has 1 aliphatic carbocycles. The topological polar surface area (TPSA) is 101 Å². The van der Waals surface area contributed by atoms with Gasteiger partial charge in [0.15, 0.2) is 0 Å². The van der Waals surface area contributed by atoms with Crippen molar-refractivity contribution >= 4 is 29.4 Å². The van der Waals surface area contributed by atoms with Gasteiger partial charge in [-0.25, -0.2) is 4.99 Å². The number of aliphatic imine (C=N–C) groups is 1. The van der Waals surface area contributed by atoms with Crippen LogP contribution in [0.3, 0.4) is 0 Å². The number of hydrogen-bond donors (Lipinski definition) is 1. The number of carbonyl (C=O) groups excluding carboxylic acids is 3. The van der Waals surface area contributed by atoms with Crippen LogP contribution >= 0.6 is 0 Å². The fourth-order valence-corrected chi connectivity index (χ4v) is 4.61. The van der Waals surface area contributed by atoms with Crippen LogP contribution in [0.15, 0.2) is 23.2 Å². The van der Waals surface area contributed by atoms with Crippen LogP contribution in [0.5, 0.6) is 5.75 Å². The summed E-state index contributed by atoms with van der Waals surface area (Å²) < 4.78 is 11.5. The van der Waals surface area contributed by atoms with Crippen molar-refractivity contribution in [2.45, 2.75) is 85.2 Å². The van der Waals surface area contributed by atoms with Crippen LogP contribution in [0, 0.1) is 11.8 Å². The van der Waals surface area contributed by atoms with E-state index >= 15 is 0 Å². The Morgan fingerprint density at radius 2 is 1.87 bits per heavy atom. The van der Waals surface area contributed by atoms with Gasteiger partial charge in [-0.3, -0.25) is 19.7 Å². The minimum absolute atomic E-state index is 0.0420. The van der Waals surface area contributed by atoms with Crippen LogP contribution < -0.4 is 10.1 Å². The number of carbonyl (C=O) groups is 3. The van der Waals surface area contributed by atoms with E-state index in [1.54, 1.807) is 18.7 Å². The minimum Gasteiger partial charge on any atom is -0.493 e. The number of nitrogens with one attached hydrogen (secondary N) is 1. The Morgan fingerprint density at radius 3 is 2.55 bits per heavy atom. The molecule has 1 saturated carbocycles. The second-order valence-corrected chi connectivity index (χ2v) is 11.0. The first-order chi connectivity index (χ1) is 18.2. The Balaban J connectivity index is 1.64. The monoisotopic (exact) mass is 528 g/mol. The van der Waals surface area contributed by atoms with Crippen molar-refractivity contribution < 1.29 is 23.9 Å². The summed E-state index contributed by atoms with van der Waals surface area (Å²) in [7, 11) is 1.92. The zero-order chi connectivity index (χ0) is 27.7. The molecule has 1 aromatic rings. The van der Waals surface area contributed by atoms with Gasteiger partial charge in [0.1, 0.15) is 12.3 Å². The van der Waals surface area contributed by atoms with E-state index in [0.717, 1.165) is 18.4 Å². The van der Waals surface area contributed by atoms with Crippen LogP contribution in [-0.4, -0.2) is 66.4 Å². The molecule has 0 aromatic heterocycles. The molecule has 0 atom stereocenters. The lowest BCUT2D eigenvalue weighted by Gasteiger charge is -2.31. The van der Waals surface area contributed by atoms with E-state index in [1.807, 2.05) is 44.0 Å². The van der Waals surface area contributed by atoms with Crippen LogP contribution in [0.2, 0.25) is 0 Å². The third-order valence-electron chi connectivity index (χ3n) is 6.95. The normalized spacial score (nSPS) is 15.7. The van der Waals surface area contributed by atoms with Gasteiger partial charge in [-0.05, 0) is 37.3 Å². The Hall–Kier alpha value is -3.10. The summed E-state index contributed by atoms with van der Waals surface area (Å²) in [5.41, 5.74) is 1.51. The number of fused-ring (bicyclic) bond motifs is 1. The summed E-state index contributed by atoms with van der Waals surface area (Å²) in [6.45, 7) is 8.59. The molecule has 1 aliphatic heterocycles. The van der Waals surface area contributed by atoms with Gasteiger partial charge >= 0.3 is 5.97 Å². The highest BCUT2D eigenvalue weighted by molar-refractivity contribution is 6.00. The number of esters is 1. The summed E-state index contributed by atoms with van der Waals surface area (Å²) >= 11 is 0. The van der Waals surface area contributed by atoms with Gasteiger partial charge in [-0.15, -0.1) is 0 Å². The number of guanidine groups is 1. The first-order valence-corrected chi connectivity index (χ1v) is 14.0. The molecule has 38 heavy (non-hydrogen) atoms. The van der Waals surface area contributed by atoms with Crippen molar-refractivity contribution in [3.63, 3.8) is 0 Å². The first kappa shape index (κ1) is 29.5. The summed E-state index contributed by atoms with van der Waals surface area (Å²) in [4.78, 5) is 45.9. The maximum absolute atomic E-state index is 12.7. The lowest BCUT2D eigenvalue weighted by molar-refractivity contribution is -0.145. The molecule has 0 unspecified atom stereocenters. The van der Waals surface area contributed by atoms with E-state index in [9.17, 15) is 14.4 Å². The molecule has 9 nitrogen and oxygen atoms in total. The molecular formula is C29H44N4O5. The molecule has 1 fully saturated rings. The molecule has 9 heteroatoms. The van der Waals surface area contributed by atoms with Crippen molar-refractivity contribution in [1.29, 1.82) is 0 Å².